The van der Waals surface area contributed by atoms with E-state index in [1.54, 1.807) is 25.3 Å². The lowest BCUT2D eigenvalue weighted by atomic mass is 9.96. The molecular weight excluding hydrogens is 512 g/mol. The van der Waals surface area contributed by atoms with Crippen LogP contribution in [0.4, 0.5) is 22.4 Å². The van der Waals surface area contributed by atoms with Crippen LogP contribution in [0.5, 0.6) is 5.88 Å². The molecule has 1 saturated heterocycles. The summed E-state index contributed by atoms with van der Waals surface area (Å²) in [5.74, 6) is -2.20. The van der Waals surface area contributed by atoms with E-state index >= 15 is 0 Å². The Labute approximate surface area is 217 Å². The molecule has 0 saturated carbocycles. The van der Waals surface area contributed by atoms with Crippen molar-refractivity contribution in [2.45, 2.75) is 25.6 Å². The second kappa shape index (κ2) is 14.3. The Balaban J connectivity index is 0.000000638. The zero-order valence-corrected chi connectivity index (χ0v) is 21.0. The van der Waals surface area contributed by atoms with E-state index in [-0.39, 0.29) is 17.6 Å². The second-order valence-corrected chi connectivity index (χ2v) is 8.66. The Morgan fingerprint density at radius 2 is 1.76 bits per heavy atom. The van der Waals surface area contributed by atoms with E-state index in [1.165, 1.54) is 24.3 Å². The Bertz CT molecular complexity index is 1070. The second-order valence-electron chi connectivity index (χ2n) is 8.66. The third kappa shape index (κ3) is 9.96. The molecule has 1 aliphatic rings. The molecule has 0 spiro atoms. The number of pyridine rings is 1. The maximum Gasteiger partial charge on any atom is 0.490 e. The summed E-state index contributed by atoms with van der Waals surface area (Å²) in [6.45, 7) is 2.96. The molecule has 1 fully saturated rings. The third-order valence-electron chi connectivity index (χ3n) is 5.84. The molecule has 0 atom stereocenters. The van der Waals surface area contributed by atoms with Crippen LogP contribution < -0.4 is 10.1 Å². The summed E-state index contributed by atoms with van der Waals surface area (Å²) in [6, 6.07) is 9.21. The number of alkyl halides is 3. The first kappa shape index (κ1) is 30.5. The van der Waals surface area contributed by atoms with Crippen molar-refractivity contribution in [2.24, 2.45) is 5.92 Å². The Morgan fingerprint density at radius 1 is 1.16 bits per heavy atom. The van der Waals surface area contributed by atoms with Crippen LogP contribution in [0.3, 0.4) is 0 Å². The highest BCUT2D eigenvalue weighted by molar-refractivity contribution is 5.97. The van der Waals surface area contributed by atoms with Gasteiger partial charge in [-0.05, 0) is 62.2 Å². The van der Waals surface area contributed by atoms with Crippen LogP contribution in [-0.4, -0.2) is 84.2 Å². The van der Waals surface area contributed by atoms with Crippen molar-refractivity contribution < 1.29 is 41.8 Å². The van der Waals surface area contributed by atoms with Crippen LogP contribution in [0.2, 0.25) is 0 Å². The van der Waals surface area contributed by atoms with E-state index in [2.05, 4.69) is 15.2 Å². The molecule has 1 aromatic heterocycles. The molecule has 2 N–H and O–H groups in total. The van der Waals surface area contributed by atoms with Crippen molar-refractivity contribution in [1.82, 2.24) is 20.1 Å². The summed E-state index contributed by atoms with van der Waals surface area (Å²) in [5.41, 5.74) is 1.36. The zero-order valence-electron chi connectivity index (χ0n) is 21.0. The molecule has 0 bridgehead atoms. The fourth-order valence-corrected chi connectivity index (χ4v) is 3.78. The van der Waals surface area contributed by atoms with Crippen LogP contribution in [0, 0.1) is 11.7 Å². The van der Waals surface area contributed by atoms with Crippen LogP contribution in [-0.2, 0) is 11.3 Å². The van der Waals surface area contributed by atoms with Gasteiger partial charge in [0, 0.05) is 37.5 Å². The summed E-state index contributed by atoms with van der Waals surface area (Å²) in [5, 5.41) is 10.0. The van der Waals surface area contributed by atoms with Gasteiger partial charge in [0.05, 0.1) is 13.7 Å². The number of carboxylic acids is 1. The number of amides is 2. The van der Waals surface area contributed by atoms with E-state index in [0.29, 0.717) is 37.0 Å². The minimum absolute atomic E-state index is 0.000718. The van der Waals surface area contributed by atoms with Gasteiger partial charge >= 0.3 is 18.2 Å². The van der Waals surface area contributed by atoms with Gasteiger partial charge in [0.15, 0.2) is 5.78 Å². The standard InChI is InChI=1S/C23H29FN4O3.C2HF3O2/c1-27(23(30)26-14-19-4-3-11-25-22(19)31-2)15-17-9-12-28(13-10-17)16-21(29)18-5-7-20(24)8-6-18;3-2(4,5)1(6)7/h3-8,11,17H,9-10,12-16H2,1-2H3,(H,26,30);(H,6,7). The number of carbonyl (C=O) groups excluding carboxylic acids is 2. The van der Waals surface area contributed by atoms with Crippen LogP contribution in [0.25, 0.3) is 0 Å². The first-order valence-electron chi connectivity index (χ1n) is 11.7. The third-order valence-corrected chi connectivity index (χ3v) is 5.84. The van der Waals surface area contributed by atoms with E-state index in [1.807, 2.05) is 12.1 Å². The van der Waals surface area contributed by atoms with Crippen LogP contribution in [0.1, 0.15) is 28.8 Å². The molecule has 0 aliphatic carbocycles. The summed E-state index contributed by atoms with van der Waals surface area (Å²) in [6.07, 6.45) is -1.59. The van der Waals surface area contributed by atoms with E-state index in [9.17, 15) is 27.2 Å². The number of carboxylic acid groups (broad SMARTS) is 1. The number of urea groups is 1. The van der Waals surface area contributed by atoms with E-state index < -0.39 is 12.1 Å². The predicted molar refractivity (Wildman–Crippen MR) is 129 cm³/mol. The van der Waals surface area contributed by atoms with Crippen molar-refractivity contribution in [1.29, 1.82) is 0 Å². The number of ketones is 1. The van der Waals surface area contributed by atoms with Crippen molar-refractivity contribution in [2.75, 3.05) is 40.3 Å². The summed E-state index contributed by atoms with van der Waals surface area (Å²) >= 11 is 0. The molecule has 1 aromatic carbocycles. The number of hydrogen-bond acceptors (Lipinski definition) is 6. The number of halogens is 4. The number of benzene rings is 1. The fraction of sp³-hybridized carbons (Fsp3) is 0.440. The lowest BCUT2D eigenvalue weighted by Gasteiger charge is -2.33. The van der Waals surface area contributed by atoms with Gasteiger partial charge in [0.25, 0.3) is 0 Å². The van der Waals surface area contributed by atoms with Crippen molar-refractivity contribution in [3.8, 4) is 5.88 Å². The largest absolute Gasteiger partial charge is 0.490 e. The normalized spacial score (nSPS) is 14.2. The molecule has 1 aliphatic heterocycles. The highest BCUT2D eigenvalue weighted by Crippen LogP contribution is 2.19. The van der Waals surface area contributed by atoms with Crippen LogP contribution in [0.15, 0.2) is 42.6 Å². The van der Waals surface area contributed by atoms with Gasteiger partial charge in [-0.25, -0.2) is 19.0 Å². The molecule has 2 amide bonds. The number of nitrogens with one attached hydrogen (secondary N) is 1. The number of methoxy groups -OCH3 is 1. The predicted octanol–water partition coefficient (Wildman–Crippen LogP) is 3.60. The lowest BCUT2D eigenvalue weighted by Crippen LogP contribution is -2.43. The molecule has 2 aromatic rings. The molecule has 3 rings (SSSR count). The minimum Gasteiger partial charge on any atom is -0.481 e. The maximum absolute atomic E-state index is 13.0. The van der Waals surface area contributed by atoms with Gasteiger partial charge < -0.3 is 20.1 Å². The Hall–Kier alpha value is -3.74. The monoisotopic (exact) mass is 542 g/mol. The first-order chi connectivity index (χ1) is 17.9. The number of nitrogens with zero attached hydrogens (tertiary/aromatic N) is 3. The van der Waals surface area contributed by atoms with Gasteiger partial charge in [0.1, 0.15) is 5.82 Å². The lowest BCUT2D eigenvalue weighted by molar-refractivity contribution is -0.192. The highest BCUT2D eigenvalue weighted by atomic mass is 19.4. The van der Waals surface area contributed by atoms with Gasteiger partial charge in [-0.3, -0.25) is 9.69 Å². The highest BCUT2D eigenvalue weighted by Gasteiger charge is 2.38. The average molecular weight is 543 g/mol. The molecule has 2 heterocycles. The van der Waals surface area contributed by atoms with E-state index in [4.69, 9.17) is 14.6 Å². The number of likely N-dealkylation sites (tertiary alicyclic amines) is 1. The number of Topliss-reactive ketones (excluding diaryl/α,β-unsaturated/α-hetero) is 1. The average Bonchev–Trinajstić information content (AvgIpc) is 2.88. The van der Waals surface area contributed by atoms with Crippen molar-refractivity contribution in [3.05, 3.63) is 59.5 Å². The fourth-order valence-electron chi connectivity index (χ4n) is 3.78. The van der Waals surface area contributed by atoms with Gasteiger partial charge in [-0.15, -0.1) is 0 Å². The first-order valence-corrected chi connectivity index (χ1v) is 11.7. The minimum atomic E-state index is -5.08. The maximum atomic E-state index is 13.0. The molecule has 9 nitrogen and oxygen atoms in total. The number of ether oxygens (including phenoxy) is 1. The quantitative estimate of drug-likeness (QED) is 0.387. The molecule has 208 valence electrons. The number of carbonyl (C=O) groups is 3. The summed E-state index contributed by atoms with van der Waals surface area (Å²) < 4.78 is 50.0. The number of piperidine rings is 1. The Kier molecular flexibility index (Phi) is 11.4. The molecule has 0 unspecified atom stereocenters. The van der Waals surface area contributed by atoms with Gasteiger partial charge in [-0.2, -0.15) is 13.2 Å². The Morgan fingerprint density at radius 3 is 2.32 bits per heavy atom. The number of rotatable bonds is 8. The van der Waals surface area contributed by atoms with Crippen LogP contribution >= 0.6 is 0 Å². The zero-order chi connectivity index (χ0) is 28.3. The van der Waals surface area contributed by atoms with Crippen molar-refractivity contribution in [3.63, 3.8) is 0 Å². The number of aromatic nitrogens is 1. The van der Waals surface area contributed by atoms with E-state index in [0.717, 1.165) is 31.5 Å². The van der Waals surface area contributed by atoms with Gasteiger partial charge in [-0.1, -0.05) is 6.07 Å². The molecular formula is C25H30F4N4O5. The smallest absolute Gasteiger partial charge is 0.481 e. The number of hydrogen-bond donors (Lipinski definition) is 2. The molecule has 38 heavy (non-hydrogen) atoms. The van der Waals surface area contributed by atoms with Gasteiger partial charge in [0.2, 0.25) is 5.88 Å². The summed E-state index contributed by atoms with van der Waals surface area (Å²) in [4.78, 5) is 41.7. The SMILES string of the molecule is COc1ncccc1CNC(=O)N(C)CC1CCN(CC(=O)c2ccc(F)cc2)CC1.O=C(O)C(F)(F)F. The number of aliphatic carboxylic acids is 1. The topological polar surface area (TPSA) is 112 Å². The molecule has 13 heteroatoms. The summed E-state index contributed by atoms with van der Waals surface area (Å²) in [7, 11) is 3.35. The molecule has 0 radical (unpaired) electrons. The van der Waals surface area contributed by atoms with Crippen molar-refractivity contribution >= 4 is 17.8 Å².